The van der Waals surface area contributed by atoms with Crippen molar-refractivity contribution in [3.8, 4) is 0 Å². The smallest absolute Gasteiger partial charge is 0.0510 e. The van der Waals surface area contributed by atoms with Crippen molar-refractivity contribution in [2.24, 2.45) is 5.73 Å². The lowest BCUT2D eigenvalue weighted by molar-refractivity contribution is 0.171. The third-order valence-corrected chi connectivity index (χ3v) is 3.59. The van der Waals surface area contributed by atoms with E-state index in [1.807, 2.05) is 6.07 Å². The van der Waals surface area contributed by atoms with Crippen LogP contribution in [0.3, 0.4) is 0 Å². The summed E-state index contributed by atoms with van der Waals surface area (Å²) in [5.74, 6) is 0. The van der Waals surface area contributed by atoms with E-state index in [2.05, 4.69) is 56.9 Å². The van der Waals surface area contributed by atoms with Gasteiger partial charge < -0.3 is 5.73 Å². The van der Waals surface area contributed by atoms with Crippen LogP contribution in [-0.4, -0.2) is 24.0 Å². The second-order valence-corrected chi connectivity index (χ2v) is 5.10. The van der Waals surface area contributed by atoms with E-state index in [1.165, 1.54) is 12.0 Å². The fourth-order valence-electron chi connectivity index (χ4n) is 2.17. The molecule has 0 aromatic heterocycles. The molecule has 2 atom stereocenters. The Hall–Kier alpha value is -0.860. The van der Waals surface area contributed by atoms with Crippen LogP contribution in [0.15, 0.2) is 30.3 Å². The Balaban J connectivity index is 2.78. The maximum Gasteiger partial charge on any atom is 0.0510 e. The van der Waals surface area contributed by atoms with Crippen LogP contribution in [0.2, 0.25) is 0 Å². The Kier molecular flexibility index (Phi) is 5.16. The molecule has 1 aromatic rings. The van der Waals surface area contributed by atoms with Crippen molar-refractivity contribution < 1.29 is 0 Å². The topological polar surface area (TPSA) is 29.3 Å². The SMILES string of the molecule is CCC(C)N(CC)CC(C)(N)c1ccccc1. The van der Waals surface area contributed by atoms with Gasteiger partial charge >= 0.3 is 0 Å². The average Bonchev–Trinajstić information content (AvgIpc) is 2.36. The Bertz CT molecular complexity index is 319. The Morgan fingerprint density at radius 1 is 1.24 bits per heavy atom. The lowest BCUT2D eigenvalue weighted by atomic mass is 9.92. The predicted molar refractivity (Wildman–Crippen MR) is 75.0 cm³/mol. The minimum atomic E-state index is -0.277. The van der Waals surface area contributed by atoms with Crippen molar-refractivity contribution >= 4 is 0 Å². The first kappa shape index (κ1) is 14.2. The molecule has 0 fully saturated rings. The number of benzene rings is 1. The van der Waals surface area contributed by atoms with E-state index in [4.69, 9.17) is 5.73 Å². The summed E-state index contributed by atoms with van der Waals surface area (Å²) in [6, 6.07) is 11.0. The van der Waals surface area contributed by atoms with Gasteiger partial charge in [0.15, 0.2) is 0 Å². The van der Waals surface area contributed by atoms with Crippen molar-refractivity contribution in [1.29, 1.82) is 0 Å². The normalized spacial score (nSPS) is 16.8. The largest absolute Gasteiger partial charge is 0.321 e. The third kappa shape index (κ3) is 3.83. The molecule has 0 aliphatic heterocycles. The molecule has 1 rings (SSSR count). The fraction of sp³-hybridized carbons (Fsp3) is 0.600. The van der Waals surface area contributed by atoms with E-state index in [9.17, 15) is 0 Å². The molecule has 0 saturated heterocycles. The molecular weight excluding hydrogens is 208 g/mol. The summed E-state index contributed by atoms with van der Waals surface area (Å²) in [4.78, 5) is 2.45. The van der Waals surface area contributed by atoms with E-state index in [-0.39, 0.29) is 5.54 Å². The quantitative estimate of drug-likeness (QED) is 0.820. The van der Waals surface area contributed by atoms with E-state index < -0.39 is 0 Å². The summed E-state index contributed by atoms with van der Waals surface area (Å²) < 4.78 is 0. The molecule has 0 aliphatic carbocycles. The summed E-state index contributed by atoms with van der Waals surface area (Å²) in [5, 5.41) is 0. The molecule has 0 amide bonds. The molecule has 0 radical (unpaired) electrons. The van der Waals surface area contributed by atoms with Crippen molar-refractivity contribution in [2.75, 3.05) is 13.1 Å². The first-order valence-electron chi connectivity index (χ1n) is 6.59. The number of nitrogens with two attached hydrogens (primary N) is 1. The Morgan fingerprint density at radius 2 is 1.82 bits per heavy atom. The van der Waals surface area contributed by atoms with Gasteiger partial charge in [-0.2, -0.15) is 0 Å². The molecule has 0 bridgehead atoms. The molecule has 0 spiro atoms. The highest BCUT2D eigenvalue weighted by molar-refractivity contribution is 5.23. The minimum Gasteiger partial charge on any atom is -0.321 e. The maximum absolute atomic E-state index is 6.47. The molecule has 0 heterocycles. The first-order valence-corrected chi connectivity index (χ1v) is 6.59. The minimum absolute atomic E-state index is 0.277. The van der Waals surface area contributed by atoms with E-state index in [0.717, 1.165) is 13.1 Å². The summed E-state index contributed by atoms with van der Waals surface area (Å²) >= 11 is 0. The first-order chi connectivity index (χ1) is 8.01. The van der Waals surface area contributed by atoms with E-state index in [1.54, 1.807) is 0 Å². The molecular formula is C15H26N2. The van der Waals surface area contributed by atoms with Crippen molar-refractivity contribution in [1.82, 2.24) is 4.90 Å². The number of hydrogen-bond acceptors (Lipinski definition) is 2. The zero-order valence-corrected chi connectivity index (χ0v) is 11.6. The van der Waals surface area contributed by atoms with Crippen LogP contribution in [0.25, 0.3) is 0 Å². The van der Waals surface area contributed by atoms with Crippen molar-refractivity contribution in [2.45, 2.75) is 45.7 Å². The molecule has 1 aromatic carbocycles. The lowest BCUT2D eigenvalue weighted by Gasteiger charge is -2.35. The average molecular weight is 234 g/mol. The second kappa shape index (κ2) is 6.18. The fourth-order valence-corrected chi connectivity index (χ4v) is 2.17. The van der Waals surface area contributed by atoms with Crippen molar-refractivity contribution in [3.63, 3.8) is 0 Å². The molecule has 2 heteroatoms. The van der Waals surface area contributed by atoms with Gasteiger partial charge in [0.2, 0.25) is 0 Å². The molecule has 2 unspecified atom stereocenters. The second-order valence-electron chi connectivity index (χ2n) is 5.10. The summed E-state index contributed by atoms with van der Waals surface area (Å²) in [5.41, 5.74) is 7.40. The zero-order valence-electron chi connectivity index (χ0n) is 11.6. The van der Waals surface area contributed by atoms with Gasteiger partial charge in [-0.15, -0.1) is 0 Å². The monoisotopic (exact) mass is 234 g/mol. The van der Waals surface area contributed by atoms with Gasteiger partial charge in [0, 0.05) is 12.6 Å². The van der Waals surface area contributed by atoms with Crippen LogP contribution < -0.4 is 5.73 Å². The van der Waals surface area contributed by atoms with Crippen LogP contribution in [0.4, 0.5) is 0 Å². The Morgan fingerprint density at radius 3 is 2.29 bits per heavy atom. The molecule has 0 saturated carbocycles. The van der Waals surface area contributed by atoms with Gasteiger partial charge in [0.05, 0.1) is 5.54 Å². The van der Waals surface area contributed by atoms with Crippen LogP contribution in [0.5, 0.6) is 0 Å². The summed E-state index contributed by atoms with van der Waals surface area (Å²) in [6.45, 7) is 10.8. The molecule has 2 nitrogen and oxygen atoms in total. The van der Waals surface area contributed by atoms with Crippen LogP contribution >= 0.6 is 0 Å². The lowest BCUT2D eigenvalue weighted by Crippen LogP contribution is -2.48. The number of likely N-dealkylation sites (N-methyl/N-ethyl adjacent to an activating group) is 1. The number of nitrogens with zero attached hydrogens (tertiary/aromatic N) is 1. The predicted octanol–water partition coefficient (Wildman–Crippen LogP) is 2.98. The summed E-state index contributed by atoms with van der Waals surface area (Å²) in [6.07, 6.45) is 1.17. The van der Waals surface area contributed by atoms with Crippen LogP contribution in [0, 0.1) is 0 Å². The maximum atomic E-state index is 6.47. The molecule has 0 aliphatic rings. The molecule has 17 heavy (non-hydrogen) atoms. The summed E-state index contributed by atoms with van der Waals surface area (Å²) in [7, 11) is 0. The van der Waals surface area contributed by atoms with Gasteiger partial charge in [-0.1, -0.05) is 44.2 Å². The molecule has 96 valence electrons. The highest BCUT2D eigenvalue weighted by Gasteiger charge is 2.25. The van der Waals surface area contributed by atoms with Gasteiger partial charge in [-0.3, -0.25) is 4.90 Å². The van der Waals surface area contributed by atoms with Gasteiger partial charge in [-0.25, -0.2) is 0 Å². The van der Waals surface area contributed by atoms with Crippen LogP contribution in [0.1, 0.15) is 39.7 Å². The third-order valence-electron chi connectivity index (χ3n) is 3.59. The standard InChI is InChI=1S/C15H26N2/c1-5-13(3)17(6-2)12-15(4,16)14-10-8-7-9-11-14/h7-11,13H,5-6,12,16H2,1-4H3. The molecule has 2 N–H and O–H groups in total. The van der Waals surface area contributed by atoms with E-state index >= 15 is 0 Å². The highest BCUT2D eigenvalue weighted by Crippen LogP contribution is 2.20. The van der Waals surface area contributed by atoms with E-state index in [0.29, 0.717) is 6.04 Å². The number of rotatable bonds is 6. The number of hydrogen-bond donors (Lipinski definition) is 1. The van der Waals surface area contributed by atoms with Gasteiger partial charge in [-0.05, 0) is 32.4 Å². The van der Waals surface area contributed by atoms with Crippen LogP contribution in [-0.2, 0) is 5.54 Å². The Labute approximate surface area is 106 Å². The highest BCUT2D eigenvalue weighted by atomic mass is 15.2. The van der Waals surface area contributed by atoms with Gasteiger partial charge in [0.25, 0.3) is 0 Å². The zero-order chi connectivity index (χ0) is 12.9. The van der Waals surface area contributed by atoms with Crippen molar-refractivity contribution in [3.05, 3.63) is 35.9 Å². The van der Waals surface area contributed by atoms with Gasteiger partial charge in [0.1, 0.15) is 0 Å².